The van der Waals surface area contributed by atoms with E-state index in [2.05, 4.69) is 60.6 Å². The summed E-state index contributed by atoms with van der Waals surface area (Å²) < 4.78 is 0. The van der Waals surface area contributed by atoms with Gasteiger partial charge in [-0.2, -0.15) is 0 Å². The van der Waals surface area contributed by atoms with E-state index < -0.39 is 0 Å². The van der Waals surface area contributed by atoms with Gasteiger partial charge in [0.2, 0.25) is 0 Å². The van der Waals surface area contributed by atoms with Crippen molar-refractivity contribution in [3.05, 3.63) is 34.4 Å². The van der Waals surface area contributed by atoms with Crippen LogP contribution in [0.5, 0.6) is 0 Å². The number of fused-ring (bicyclic) bond motifs is 1. The maximum atomic E-state index is 11.9. The van der Waals surface area contributed by atoms with Crippen molar-refractivity contribution in [1.82, 2.24) is 0 Å². The highest BCUT2D eigenvalue weighted by Gasteiger charge is 2.52. The summed E-state index contributed by atoms with van der Waals surface area (Å²) in [6.45, 7) is 17.8. The zero-order valence-corrected chi connectivity index (χ0v) is 14.2. The summed E-state index contributed by atoms with van der Waals surface area (Å²) in [5.74, 6) is 1.32. The van der Waals surface area contributed by atoms with Crippen molar-refractivity contribution in [2.24, 2.45) is 11.8 Å². The van der Waals surface area contributed by atoms with E-state index in [9.17, 15) is 4.79 Å². The summed E-state index contributed by atoms with van der Waals surface area (Å²) in [4.78, 5) is 11.9. The molecule has 0 aromatic heterocycles. The average Bonchev–Trinajstić information content (AvgIpc) is 2.48. The van der Waals surface area contributed by atoms with Crippen LogP contribution in [0.1, 0.15) is 75.5 Å². The number of rotatable bonds is 2. The first-order chi connectivity index (χ1) is 9.04. The van der Waals surface area contributed by atoms with Crippen LogP contribution in [0, 0.1) is 18.8 Å². The molecule has 0 amide bonds. The third-order valence-electron chi connectivity index (χ3n) is 6.20. The third kappa shape index (κ3) is 1.78. The van der Waals surface area contributed by atoms with Crippen molar-refractivity contribution in [1.29, 1.82) is 0 Å². The highest BCUT2D eigenvalue weighted by Crippen LogP contribution is 2.57. The van der Waals surface area contributed by atoms with Gasteiger partial charge in [-0.25, -0.2) is 0 Å². The van der Waals surface area contributed by atoms with Crippen LogP contribution in [-0.2, 0) is 10.8 Å². The number of carbonyl (C=O) groups is 1. The molecule has 0 radical (unpaired) electrons. The number of hydrogen-bond acceptors (Lipinski definition) is 1. The summed E-state index contributed by atoms with van der Waals surface area (Å²) in [5.41, 5.74) is 5.13. The van der Waals surface area contributed by atoms with Crippen molar-refractivity contribution in [3.8, 4) is 0 Å². The van der Waals surface area contributed by atoms with Crippen LogP contribution in [-0.4, -0.2) is 5.78 Å². The molecule has 110 valence electrons. The molecule has 1 aromatic rings. The third-order valence-corrected chi connectivity index (χ3v) is 6.20. The Morgan fingerprint density at radius 1 is 1.15 bits per heavy atom. The Hall–Kier alpha value is -1.11. The molecule has 1 aliphatic rings. The van der Waals surface area contributed by atoms with Crippen LogP contribution in [0.15, 0.2) is 12.1 Å². The van der Waals surface area contributed by atoms with Gasteiger partial charge in [-0.15, -0.1) is 0 Å². The Balaban J connectivity index is 2.79. The van der Waals surface area contributed by atoms with Crippen LogP contribution < -0.4 is 0 Å². The molecule has 2 rings (SSSR count). The first kappa shape index (κ1) is 15.3. The highest BCUT2D eigenvalue weighted by molar-refractivity contribution is 5.96. The molecule has 0 heterocycles. The molecular formula is C19H28O. The Kier molecular flexibility index (Phi) is 3.40. The molecule has 0 fully saturated rings. The number of aryl methyl sites for hydroxylation is 1. The number of Topliss-reactive ketones (excluding diaryl/α,β-unsaturated/α-hetero) is 1. The van der Waals surface area contributed by atoms with Gasteiger partial charge >= 0.3 is 0 Å². The van der Waals surface area contributed by atoms with E-state index in [0.29, 0.717) is 11.8 Å². The molecule has 0 N–H and O–H groups in total. The first-order valence-corrected chi connectivity index (χ1v) is 7.71. The van der Waals surface area contributed by atoms with Crippen LogP contribution >= 0.6 is 0 Å². The zero-order valence-electron chi connectivity index (χ0n) is 14.2. The summed E-state index contributed by atoms with van der Waals surface area (Å²) in [7, 11) is 0. The fraction of sp³-hybridized carbons (Fsp3) is 0.632. The second-order valence-corrected chi connectivity index (χ2v) is 7.65. The van der Waals surface area contributed by atoms with E-state index in [1.165, 1.54) is 11.1 Å². The van der Waals surface area contributed by atoms with E-state index in [-0.39, 0.29) is 16.6 Å². The Bertz CT molecular complexity index is 565. The summed E-state index contributed by atoms with van der Waals surface area (Å²) in [6.07, 6.45) is 0. The predicted molar refractivity (Wildman–Crippen MR) is 85.6 cm³/mol. The van der Waals surface area contributed by atoms with E-state index in [0.717, 1.165) is 11.1 Å². The van der Waals surface area contributed by atoms with Crippen LogP contribution in [0.2, 0.25) is 0 Å². The summed E-state index contributed by atoms with van der Waals surface area (Å²) >= 11 is 0. The Morgan fingerprint density at radius 3 is 2.15 bits per heavy atom. The van der Waals surface area contributed by atoms with E-state index >= 15 is 0 Å². The van der Waals surface area contributed by atoms with Crippen molar-refractivity contribution in [2.75, 3.05) is 0 Å². The molecule has 2 unspecified atom stereocenters. The molecule has 2 atom stereocenters. The molecule has 1 nitrogen and oxygen atoms in total. The molecule has 0 bridgehead atoms. The number of carbonyl (C=O) groups excluding carboxylic acids is 1. The van der Waals surface area contributed by atoms with Gasteiger partial charge in [-0.1, -0.05) is 47.6 Å². The minimum atomic E-state index is 0.117. The average molecular weight is 272 g/mol. The van der Waals surface area contributed by atoms with E-state index in [1.54, 1.807) is 6.92 Å². The van der Waals surface area contributed by atoms with Gasteiger partial charge in [0.05, 0.1) is 0 Å². The predicted octanol–water partition coefficient (Wildman–Crippen LogP) is 5.04. The fourth-order valence-electron chi connectivity index (χ4n) is 4.09. The molecule has 1 heteroatoms. The van der Waals surface area contributed by atoms with Gasteiger partial charge in [0, 0.05) is 5.56 Å². The molecular weight excluding hydrogens is 244 g/mol. The lowest BCUT2D eigenvalue weighted by atomic mass is 9.65. The second-order valence-electron chi connectivity index (χ2n) is 7.65. The lowest BCUT2D eigenvalue weighted by molar-refractivity contribution is 0.101. The quantitative estimate of drug-likeness (QED) is 0.689. The van der Waals surface area contributed by atoms with Crippen molar-refractivity contribution < 1.29 is 4.79 Å². The SMILES string of the molecule is CC(=O)c1cc2c(cc1C)C(C)(C(C)C)C(C)C2(C)C. The molecule has 1 aliphatic carbocycles. The van der Waals surface area contributed by atoms with Gasteiger partial charge < -0.3 is 0 Å². The normalized spacial score (nSPS) is 27.8. The molecule has 1 aromatic carbocycles. The monoisotopic (exact) mass is 272 g/mol. The summed E-state index contributed by atoms with van der Waals surface area (Å²) in [6, 6.07) is 4.44. The Morgan fingerprint density at radius 2 is 1.70 bits per heavy atom. The molecule has 20 heavy (non-hydrogen) atoms. The van der Waals surface area contributed by atoms with Gasteiger partial charge in [-0.05, 0) is 59.3 Å². The largest absolute Gasteiger partial charge is 0.295 e. The highest BCUT2D eigenvalue weighted by atomic mass is 16.1. The lowest BCUT2D eigenvalue weighted by Crippen LogP contribution is -2.37. The number of benzene rings is 1. The molecule has 0 aliphatic heterocycles. The topological polar surface area (TPSA) is 17.1 Å². The smallest absolute Gasteiger partial charge is 0.160 e. The minimum absolute atomic E-state index is 0.117. The zero-order chi connectivity index (χ0) is 15.5. The van der Waals surface area contributed by atoms with Crippen LogP contribution in [0.3, 0.4) is 0 Å². The van der Waals surface area contributed by atoms with Crippen molar-refractivity contribution in [2.45, 2.75) is 66.2 Å². The molecule has 0 saturated heterocycles. The maximum absolute atomic E-state index is 11.9. The fourth-order valence-corrected chi connectivity index (χ4v) is 4.09. The number of hydrogen-bond donors (Lipinski definition) is 0. The van der Waals surface area contributed by atoms with E-state index in [1.807, 2.05) is 0 Å². The first-order valence-electron chi connectivity index (χ1n) is 7.71. The van der Waals surface area contributed by atoms with Gasteiger partial charge in [-0.3, -0.25) is 4.79 Å². The van der Waals surface area contributed by atoms with Crippen molar-refractivity contribution >= 4 is 5.78 Å². The second kappa shape index (κ2) is 4.44. The van der Waals surface area contributed by atoms with Crippen molar-refractivity contribution in [3.63, 3.8) is 0 Å². The van der Waals surface area contributed by atoms with Crippen LogP contribution in [0.25, 0.3) is 0 Å². The standard InChI is InChI=1S/C19H28O/c1-11(2)19(8)14(5)18(6,7)16-10-15(13(4)20)12(3)9-17(16)19/h9-11,14H,1-8H3. The minimum Gasteiger partial charge on any atom is -0.295 e. The maximum Gasteiger partial charge on any atom is 0.160 e. The summed E-state index contributed by atoms with van der Waals surface area (Å²) in [5, 5.41) is 0. The number of ketones is 1. The molecule has 0 spiro atoms. The van der Waals surface area contributed by atoms with Gasteiger partial charge in [0.25, 0.3) is 0 Å². The lowest BCUT2D eigenvalue weighted by Gasteiger charge is -2.39. The van der Waals surface area contributed by atoms with Gasteiger partial charge in [0.1, 0.15) is 0 Å². The Labute approximate surface area is 123 Å². The van der Waals surface area contributed by atoms with E-state index in [4.69, 9.17) is 0 Å². The van der Waals surface area contributed by atoms with Gasteiger partial charge in [0.15, 0.2) is 5.78 Å². The van der Waals surface area contributed by atoms with Crippen LogP contribution in [0.4, 0.5) is 0 Å². The molecule has 0 saturated carbocycles.